The Hall–Kier alpha value is -2.37. The quantitative estimate of drug-likeness (QED) is 0.889. The van der Waals surface area contributed by atoms with E-state index in [1.165, 1.54) is 9.80 Å². The molecule has 116 valence electrons. The molecule has 2 atom stereocenters. The largest absolute Gasteiger partial charge is 0.480 e. The third kappa shape index (κ3) is 1.98. The third-order valence-corrected chi connectivity index (χ3v) is 4.65. The number of carboxylic acids is 1. The molecule has 1 aromatic carbocycles. The van der Waals surface area contributed by atoms with Crippen molar-refractivity contribution < 1.29 is 19.5 Å². The Morgan fingerprint density at radius 1 is 1.27 bits per heavy atom. The van der Waals surface area contributed by atoms with Crippen LogP contribution in [0.1, 0.15) is 25.3 Å². The van der Waals surface area contributed by atoms with E-state index in [0.29, 0.717) is 18.5 Å². The molecule has 6 nitrogen and oxygen atoms in total. The van der Waals surface area contributed by atoms with Gasteiger partial charge in [0.15, 0.2) is 0 Å². The van der Waals surface area contributed by atoms with Gasteiger partial charge in [-0.25, -0.2) is 4.79 Å². The number of benzene rings is 1. The van der Waals surface area contributed by atoms with Crippen LogP contribution >= 0.6 is 0 Å². The summed E-state index contributed by atoms with van der Waals surface area (Å²) in [4.78, 5) is 39.4. The maximum atomic E-state index is 12.9. The smallest absolute Gasteiger partial charge is 0.326 e. The Bertz CT molecular complexity index is 655. The van der Waals surface area contributed by atoms with E-state index in [1.54, 1.807) is 6.92 Å². The number of hydrogen-bond donors (Lipinski definition) is 1. The number of hydrogen-bond acceptors (Lipinski definition) is 3. The minimum absolute atomic E-state index is 0.110. The number of carboxylic acid groups (broad SMARTS) is 1. The molecule has 3 rings (SSSR count). The predicted octanol–water partition coefficient (Wildman–Crippen LogP) is 1.18. The summed E-state index contributed by atoms with van der Waals surface area (Å²) in [7, 11) is 0. The Balaban J connectivity index is 1.97. The molecule has 0 aliphatic carbocycles. The van der Waals surface area contributed by atoms with E-state index in [4.69, 9.17) is 0 Å². The number of carbonyl (C=O) groups is 3. The first-order chi connectivity index (χ1) is 10.3. The van der Waals surface area contributed by atoms with Crippen LogP contribution in [0.3, 0.4) is 0 Å². The minimum atomic E-state index is -1.07. The van der Waals surface area contributed by atoms with Crippen LogP contribution in [0.4, 0.5) is 5.69 Å². The van der Waals surface area contributed by atoms with Gasteiger partial charge < -0.3 is 14.9 Å². The van der Waals surface area contributed by atoms with E-state index in [0.717, 1.165) is 5.56 Å². The first-order valence-electron chi connectivity index (χ1n) is 7.28. The van der Waals surface area contributed by atoms with Crippen molar-refractivity contribution in [1.29, 1.82) is 0 Å². The van der Waals surface area contributed by atoms with Crippen molar-refractivity contribution in [3.8, 4) is 0 Å². The van der Waals surface area contributed by atoms with Gasteiger partial charge in [0.25, 0.3) is 5.91 Å². The molecule has 22 heavy (non-hydrogen) atoms. The second-order valence-electron chi connectivity index (χ2n) is 6.16. The molecular weight excluding hydrogens is 284 g/mol. The number of aliphatic carboxylic acids is 1. The average Bonchev–Trinajstić information content (AvgIpc) is 2.84. The van der Waals surface area contributed by atoms with Crippen molar-refractivity contribution in [3.05, 3.63) is 29.8 Å². The van der Waals surface area contributed by atoms with Gasteiger partial charge in [-0.2, -0.15) is 0 Å². The summed E-state index contributed by atoms with van der Waals surface area (Å²) in [6.07, 6.45) is 0.682. The SMILES string of the molecule is Cc1ccc(N2CC(=O)N3C(C(=O)O)CCC3(C)C2=O)cc1. The average molecular weight is 302 g/mol. The van der Waals surface area contributed by atoms with Crippen molar-refractivity contribution in [2.75, 3.05) is 11.4 Å². The van der Waals surface area contributed by atoms with E-state index < -0.39 is 17.6 Å². The van der Waals surface area contributed by atoms with Crippen molar-refractivity contribution in [1.82, 2.24) is 4.90 Å². The lowest BCUT2D eigenvalue weighted by atomic mass is 9.94. The van der Waals surface area contributed by atoms with E-state index in [9.17, 15) is 19.5 Å². The second-order valence-corrected chi connectivity index (χ2v) is 6.16. The molecule has 2 aliphatic heterocycles. The fraction of sp³-hybridized carbons (Fsp3) is 0.438. The number of rotatable bonds is 2. The van der Waals surface area contributed by atoms with Crippen molar-refractivity contribution in [3.63, 3.8) is 0 Å². The maximum Gasteiger partial charge on any atom is 0.326 e. The Kier molecular flexibility index (Phi) is 3.20. The van der Waals surface area contributed by atoms with Gasteiger partial charge in [0, 0.05) is 5.69 Å². The van der Waals surface area contributed by atoms with Crippen molar-refractivity contribution in [2.45, 2.75) is 38.3 Å². The lowest BCUT2D eigenvalue weighted by molar-refractivity contribution is -0.156. The summed E-state index contributed by atoms with van der Waals surface area (Å²) in [5.41, 5.74) is 0.672. The van der Waals surface area contributed by atoms with Gasteiger partial charge >= 0.3 is 5.97 Å². The Morgan fingerprint density at radius 2 is 1.91 bits per heavy atom. The van der Waals surface area contributed by atoms with Crippen LogP contribution < -0.4 is 4.90 Å². The van der Waals surface area contributed by atoms with E-state index in [1.807, 2.05) is 31.2 Å². The van der Waals surface area contributed by atoms with Gasteiger partial charge in [-0.3, -0.25) is 9.59 Å². The molecule has 2 amide bonds. The summed E-state index contributed by atoms with van der Waals surface area (Å²) in [5, 5.41) is 9.27. The van der Waals surface area contributed by atoms with Gasteiger partial charge in [0.1, 0.15) is 18.1 Å². The van der Waals surface area contributed by atoms with Crippen LogP contribution in [0.15, 0.2) is 24.3 Å². The summed E-state index contributed by atoms with van der Waals surface area (Å²) < 4.78 is 0. The van der Waals surface area contributed by atoms with E-state index >= 15 is 0 Å². The highest BCUT2D eigenvalue weighted by atomic mass is 16.4. The molecule has 0 aromatic heterocycles. The first kappa shape index (κ1) is 14.6. The molecule has 2 fully saturated rings. The highest BCUT2D eigenvalue weighted by Gasteiger charge is 2.57. The molecule has 0 spiro atoms. The predicted molar refractivity (Wildman–Crippen MR) is 79.4 cm³/mol. The first-order valence-corrected chi connectivity index (χ1v) is 7.28. The van der Waals surface area contributed by atoms with Crippen LogP contribution in [0.5, 0.6) is 0 Å². The van der Waals surface area contributed by atoms with Gasteiger partial charge in [-0.05, 0) is 38.8 Å². The maximum absolute atomic E-state index is 12.9. The summed E-state index contributed by atoms with van der Waals surface area (Å²) in [5.74, 6) is -1.57. The molecule has 0 radical (unpaired) electrons. The molecule has 0 saturated carbocycles. The van der Waals surface area contributed by atoms with Crippen molar-refractivity contribution >= 4 is 23.5 Å². The fourth-order valence-corrected chi connectivity index (χ4v) is 3.41. The molecule has 2 aliphatic rings. The summed E-state index contributed by atoms with van der Waals surface area (Å²) in [6.45, 7) is 3.50. The van der Waals surface area contributed by atoms with Crippen LogP contribution in [-0.4, -0.2) is 45.9 Å². The number of carbonyl (C=O) groups excluding carboxylic acids is 2. The van der Waals surface area contributed by atoms with Gasteiger partial charge in [-0.15, -0.1) is 0 Å². The molecule has 6 heteroatoms. The normalized spacial score (nSPS) is 28.0. The molecule has 1 N–H and O–H groups in total. The minimum Gasteiger partial charge on any atom is -0.480 e. The molecule has 2 unspecified atom stereocenters. The molecule has 2 saturated heterocycles. The summed E-state index contributed by atoms with van der Waals surface area (Å²) in [6, 6.07) is 6.49. The lowest BCUT2D eigenvalue weighted by Crippen LogP contribution is -2.66. The second kappa shape index (κ2) is 4.83. The van der Waals surface area contributed by atoms with Gasteiger partial charge in [-0.1, -0.05) is 17.7 Å². The molecule has 1 aromatic rings. The van der Waals surface area contributed by atoms with Gasteiger partial charge in [0.05, 0.1) is 0 Å². The zero-order valence-corrected chi connectivity index (χ0v) is 12.6. The summed E-state index contributed by atoms with van der Waals surface area (Å²) >= 11 is 0. The Labute approximate surface area is 128 Å². The molecule has 2 heterocycles. The van der Waals surface area contributed by atoms with E-state index in [2.05, 4.69) is 0 Å². The molecular formula is C16H18N2O4. The monoisotopic (exact) mass is 302 g/mol. The van der Waals surface area contributed by atoms with E-state index in [-0.39, 0.29) is 18.4 Å². The Morgan fingerprint density at radius 3 is 2.50 bits per heavy atom. The number of amides is 2. The number of piperazine rings is 1. The number of anilines is 1. The highest BCUT2D eigenvalue weighted by molar-refractivity contribution is 6.10. The van der Waals surface area contributed by atoms with Crippen molar-refractivity contribution in [2.24, 2.45) is 0 Å². The van der Waals surface area contributed by atoms with Crippen LogP contribution in [0.25, 0.3) is 0 Å². The third-order valence-electron chi connectivity index (χ3n) is 4.65. The number of fused-ring (bicyclic) bond motifs is 1. The van der Waals surface area contributed by atoms with Crippen LogP contribution in [-0.2, 0) is 14.4 Å². The fourth-order valence-electron chi connectivity index (χ4n) is 3.41. The standard InChI is InChI=1S/C16H18N2O4/c1-10-3-5-11(6-4-10)17-9-13(19)18-12(14(20)21)7-8-16(18,2)15(17)22/h3-6,12H,7-9H2,1-2H3,(H,20,21). The zero-order valence-electron chi connectivity index (χ0n) is 12.6. The number of aryl methyl sites for hydroxylation is 1. The number of nitrogens with zero attached hydrogens (tertiary/aromatic N) is 2. The highest BCUT2D eigenvalue weighted by Crippen LogP contribution is 2.39. The topological polar surface area (TPSA) is 77.9 Å². The lowest BCUT2D eigenvalue weighted by Gasteiger charge is -2.44. The van der Waals surface area contributed by atoms with Gasteiger partial charge in [0.2, 0.25) is 5.91 Å². The molecule has 0 bridgehead atoms. The zero-order chi connectivity index (χ0) is 16.1. The van der Waals surface area contributed by atoms with Crippen LogP contribution in [0.2, 0.25) is 0 Å². The van der Waals surface area contributed by atoms with Crippen LogP contribution in [0, 0.1) is 6.92 Å².